The number of nitrogens with one attached hydrogen (secondary N) is 2. The van der Waals surface area contributed by atoms with Gasteiger partial charge in [0.25, 0.3) is 5.91 Å². The number of fused-ring (bicyclic) bond motifs is 3. The van der Waals surface area contributed by atoms with E-state index < -0.39 is 17.5 Å². The first kappa shape index (κ1) is 28.0. The molecule has 4 aromatic rings. The van der Waals surface area contributed by atoms with Gasteiger partial charge in [-0.3, -0.25) is 9.20 Å². The SMILES string of the molecule is CC(C)(C)OC(=O)NCc1ccc(-c2cn3c(n2)sc2cc(C(=O)NCCCN4CCCCC4)ccc23)c(F)c1. The van der Waals surface area contributed by atoms with Crippen LogP contribution in [0, 0.1) is 5.82 Å². The zero-order chi connectivity index (χ0) is 28.3. The number of aromatic nitrogens is 2. The van der Waals surface area contributed by atoms with Crippen molar-refractivity contribution in [3.63, 3.8) is 0 Å². The van der Waals surface area contributed by atoms with Gasteiger partial charge in [-0.2, -0.15) is 0 Å². The van der Waals surface area contributed by atoms with Crippen molar-refractivity contribution in [2.75, 3.05) is 26.2 Å². The van der Waals surface area contributed by atoms with Crippen molar-refractivity contribution in [3.8, 4) is 11.3 Å². The predicted molar refractivity (Wildman–Crippen MR) is 156 cm³/mol. The first-order valence-electron chi connectivity index (χ1n) is 13.8. The molecule has 1 fully saturated rings. The Balaban J connectivity index is 1.22. The van der Waals surface area contributed by atoms with Crippen molar-refractivity contribution in [2.24, 2.45) is 0 Å². The molecule has 10 heteroatoms. The summed E-state index contributed by atoms with van der Waals surface area (Å²) in [6.07, 6.45) is 6.08. The van der Waals surface area contributed by atoms with Gasteiger partial charge >= 0.3 is 6.09 Å². The van der Waals surface area contributed by atoms with Gasteiger partial charge in [0.15, 0.2) is 4.96 Å². The average Bonchev–Trinajstić information content (AvgIpc) is 3.47. The number of benzene rings is 2. The first-order valence-corrected chi connectivity index (χ1v) is 14.7. The molecule has 0 radical (unpaired) electrons. The fourth-order valence-corrected chi connectivity index (χ4v) is 5.97. The van der Waals surface area contributed by atoms with Crippen molar-refractivity contribution < 1.29 is 18.7 Å². The number of likely N-dealkylation sites (tertiary alicyclic amines) is 1. The molecule has 212 valence electrons. The van der Waals surface area contributed by atoms with Crippen LogP contribution in [0.3, 0.4) is 0 Å². The van der Waals surface area contributed by atoms with Gasteiger partial charge in [-0.25, -0.2) is 14.2 Å². The van der Waals surface area contributed by atoms with E-state index in [4.69, 9.17) is 4.74 Å². The van der Waals surface area contributed by atoms with Crippen LogP contribution in [0.5, 0.6) is 0 Å². The van der Waals surface area contributed by atoms with Gasteiger partial charge in [0.05, 0.1) is 15.9 Å². The van der Waals surface area contributed by atoms with Gasteiger partial charge in [-0.15, -0.1) is 0 Å². The molecule has 0 saturated carbocycles. The van der Waals surface area contributed by atoms with E-state index in [0.29, 0.717) is 28.9 Å². The van der Waals surface area contributed by atoms with E-state index in [0.717, 1.165) is 41.2 Å². The Kier molecular flexibility index (Phi) is 8.37. The molecule has 5 rings (SSSR count). The Morgan fingerprint density at radius 3 is 2.62 bits per heavy atom. The number of hydrogen-bond donors (Lipinski definition) is 2. The van der Waals surface area contributed by atoms with Crippen LogP contribution in [0.15, 0.2) is 42.6 Å². The minimum absolute atomic E-state index is 0.0735. The van der Waals surface area contributed by atoms with Gasteiger partial charge in [0, 0.05) is 30.4 Å². The maximum atomic E-state index is 15.0. The Morgan fingerprint density at radius 1 is 1.07 bits per heavy atom. The molecule has 8 nitrogen and oxygen atoms in total. The maximum Gasteiger partial charge on any atom is 0.407 e. The monoisotopic (exact) mass is 565 g/mol. The highest BCUT2D eigenvalue weighted by molar-refractivity contribution is 7.23. The Morgan fingerprint density at radius 2 is 1.88 bits per heavy atom. The van der Waals surface area contributed by atoms with Crippen LogP contribution in [0.25, 0.3) is 26.4 Å². The van der Waals surface area contributed by atoms with Gasteiger partial charge in [-0.1, -0.05) is 23.8 Å². The molecule has 0 bridgehead atoms. The minimum atomic E-state index is -0.599. The zero-order valence-corrected chi connectivity index (χ0v) is 24.1. The fraction of sp³-hybridized carbons (Fsp3) is 0.433. The third kappa shape index (κ3) is 6.79. The van der Waals surface area contributed by atoms with Crippen LogP contribution in [0.2, 0.25) is 0 Å². The lowest BCUT2D eigenvalue weighted by molar-refractivity contribution is 0.0523. The predicted octanol–water partition coefficient (Wildman–Crippen LogP) is 5.99. The lowest BCUT2D eigenvalue weighted by atomic mass is 10.1. The highest BCUT2D eigenvalue weighted by Gasteiger charge is 2.18. The van der Waals surface area contributed by atoms with Crippen LogP contribution in [0.1, 0.15) is 62.4 Å². The van der Waals surface area contributed by atoms with E-state index in [1.54, 1.807) is 32.9 Å². The van der Waals surface area contributed by atoms with E-state index in [2.05, 4.69) is 20.5 Å². The molecule has 1 saturated heterocycles. The molecular formula is C30H36FN5O3S. The summed E-state index contributed by atoms with van der Waals surface area (Å²) in [5, 5.41) is 5.69. The Labute approximate surface area is 237 Å². The highest BCUT2D eigenvalue weighted by Crippen LogP contribution is 2.31. The molecule has 0 atom stereocenters. The molecule has 40 heavy (non-hydrogen) atoms. The number of imidazole rings is 1. The number of amides is 2. The molecule has 3 heterocycles. The van der Waals surface area contributed by atoms with Gasteiger partial charge in [-0.05, 0) is 95.6 Å². The summed E-state index contributed by atoms with van der Waals surface area (Å²) in [5.74, 6) is -0.492. The molecule has 1 aliphatic rings. The molecule has 2 N–H and O–H groups in total. The molecule has 2 aromatic heterocycles. The smallest absolute Gasteiger partial charge is 0.407 e. The van der Waals surface area contributed by atoms with Gasteiger partial charge in [0.1, 0.15) is 11.4 Å². The van der Waals surface area contributed by atoms with E-state index in [1.165, 1.54) is 36.7 Å². The standard InChI is InChI=1S/C30H36FN5O3S/c1-30(2,3)39-29(38)33-18-20-8-10-22(23(31)16-20)24-19-36-25-11-9-21(17-26(25)40-28(36)34-24)27(37)32-12-7-15-35-13-5-4-6-14-35/h8-11,16-17,19H,4-7,12-15,18H2,1-3H3,(H,32,37)(H,33,38). The number of ether oxygens (including phenoxy) is 1. The van der Waals surface area contributed by atoms with Gasteiger partial charge < -0.3 is 20.3 Å². The van der Waals surface area contributed by atoms with Crippen molar-refractivity contribution in [1.82, 2.24) is 24.9 Å². The highest BCUT2D eigenvalue weighted by atomic mass is 32.1. The maximum absolute atomic E-state index is 15.0. The van der Waals surface area contributed by atoms with E-state index in [1.807, 2.05) is 28.8 Å². The summed E-state index contributed by atoms with van der Waals surface area (Å²) in [6, 6.07) is 10.5. The largest absolute Gasteiger partial charge is 0.444 e. The number of nitrogens with zero attached hydrogens (tertiary/aromatic N) is 3. The minimum Gasteiger partial charge on any atom is -0.444 e. The average molecular weight is 566 g/mol. The third-order valence-corrected chi connectivity index (χ3v) is 7.90. The second kappa shape index (κ2) is 11.9. The summed E-state index contributed by atoms with van der Waals surface area (Å²) in [6.45, 7) is 9.53. The van der Waals surface area contributed by atoms with E-state index >= 15 is 4.39 Å². The lowest BCUT2D eigenvalue weighted by Gasteiger charge is -2.26. The number of hydrogen-bond acceptors (Lipinski definition) is 6. The molecule has 2 amide bonds. The normalized spacial score (nSPS) is 14.5. The van der Waals surface area contributed by atoms with Crippen molar-refractivity contribution in [2.45, 2.75) is 58.6 Å². The quantitative estimate of drug-likeness (QED) is 0.257. The molecular weight excluding hydrogens is 529 g/mol. The van der Waals surface area contributed by atoms with Crippen molar-refractivity contribution in [3.05, 3.63) is 59.5 Å². The Bertz CT molecular complexity index is 1520. The zero-order valence-electron chi connectivity index (χ0n) is 23.3. The second-order valence-corrected chi connectivity index (χ2v) is 12.3. The van der Waals surface area contributed by atoms with Crippen LogP contribution in [0.4, 0.5) is 9.18 Å². The summed E-state index contributed by atoms with van der Waals surface area (Å²) < 4.78 is 23.1. The number of piperidine rings is 1. The Hall–Kier alpha value is -3.50. The number of alkyl carbamates (subject to hydrolysis) is 1. The number of carbonyl (C=O) groups excluding carboxylic acids is 2. The number of rotatable bonds is 8. The third-order valence-electron chi connectivity index (χ3n) is 6.89. The van der Waals surface area contributed by atoms with Crippen molar-refractivity contribution in [1.29, 1.82) is 0 Å². The van der Waals surface area contributed by atoms with Crippen LogP contribution >= 0.6 is 11.3 Å². The fourth-order valence-electron chi connectivity index (χ4n) is 4.93. The summed E-state index contributed by atoms with van der Waals surface area (Å²) in [7, 11) is 0. The van der Waals surface area contributed by atoms with Crippen LogP contribution < -0.4 is 10.6 Å². The molecule has 0 spiro atoms. The summed E-state index contributed by atoms with van der Waals surface area (Å²) >= 11 is 1.46. The summed E-state index contributed by atoms with van der Waals surface area (Å²) in [5.41, 5.74) is 2.46. The number of halogens is 1. The molecule has 2 aromatic carbocycles. The molecule has 1 aliphatic heterocycles. The molecule has 0 aliphatic carbocycles. The topological polar surface area (TPSA) is 88.0 Å². The second-order valence-electron chi connectivity index (χ2n) is 11.2. The number of thiazole rings is 1. The van der Waals surface area contributed by atoms with Crippen LogP contribution in [-0.2, 0) is 11.3 Å². The van der Waals surface area contributed by atoms with Crippen LogP contribution in [-0.4, -0.2) is 58.1 Å². The number of carbonyl (C=O) groups is 2. The first-order chi connectivity index (χ1) is 19.2. The van der Waals surface area contributed by atoms with E-state index in [-0.39, 0.29) is 12.5 Å². The van der Waals surface area contributed by atoms with Crippen molar-refractivity contribution >= 4 is 38.5 Å². The molecule has 0 unspecified atom stereocenters. The lowest BCUT2D eigenvalue weighted by Crippen LogP contribution is -2.33. The summed E-state index contributed by atoms with van der Waals surface area (Å²) in [4.78, 5) is 32.5. The van der Waals surface area contributed by atoms with E-state index in [9.17, 15) is 9.59 Å². The van der Waals surface area contributed by atoms with Gasteiger partial charge in [0.2, 0.25) is 0 Å².